The molecule has 166 valence electrons. The number of nitrogens with two attached hydrogens (primary N) is 2. The number of nitrogen functional groups attached to an aromatic ring is 1. The van der Waals surface area contributed by atoms with Crippen LogP contribution >= 0.6 is 11.6 Å². The summed E-state index contributed by atoms with van der Waals surface area (Å²) in [5.74, 6) is -0.856. The highest BCUT2D eigenvalue weighted by atomic mass is 35.5. The zero-order chi connectivity index (χ0) is 22.5. The summed E-state index contributed by atoms with van der Waals surface area (Å²) in [7, 11) is 0. The lowest BCUT2D eigenvalue weighted by molar-refractivity contribution is -0.125. The average Bonchev–Trinajstić information content (AvgIpc) is 2.67. The van der Waals surface area contributed by atoms with Gasteiger partial charge < -0.3 is 16.4 Å². The molecule has 2 rings (SSSR count). The summed E-state index contributed by atoms with van der Waals surface area (Å²) in [6.45, 7) is 3.79. The van der Waals surface area contributed by atoms with Crippen LogP contribution in [0.4, 0.5) is 18.9 Å². The standard InChI is InChI=1S/C20H27ClF3N5O/c1-13-4-2-3-7-28(13)8-9-29(12-14-10-15(25)5-6-16(14)21)19(30)17(26)11-18(27)20(22,23)24/h5-6,10-11,13,26H,2-4,7-9,12,25,27H2,1H3. The number of nitrogens with one attached hydrogen (secondary N) is 1. The molecule has 5 N–H and O–H groups in total. The summed E-state index contributed by atoms with van der Waals surface area (Å²) < 4.78 is 38.1. The normalized spacial score (nSPS) is 18.3. The van der Waals surface area contributed by atoms with Crippen LogP contribution < -0.4 is 11.5 Å². The maximum atomic E-state index is 12.8. The number of nitrogens with zero attached hydrogens (tertiary/aromatic N) is 2. The number of likely N-dealkylation sites (tertiary alicyclic amines) is 1. The van der Waals surface area contributed by atoms with Gasteiger partial charge in [0, 0.05) is 36.4 Å². The van der Waals surface area contributed by atoms with Crippen LogP contribution in [0, 0.1) is 5.41 Å². The summed E-state index contributed by atoms with van der Waals surface area (Å²) in [6.07, 6.45) is -1.21. The van der Waals surface area contributed by atoms with Crippen LogP contribution in [-0.4, -0.2) is 53.3 Å². The van der Waals surface area contributed by atoms with Crippen molar-refractivity contribution in [2.45, 2.75) is 44.9 Å². The van der Waals surface area contributed by atoms with E-state index >= 15 is 0 Å². The third-order valence-corrected chi connectivity index (χ3v) is 5.54. The predicted molar refractivity (Wildman–Crippen MR) is 112 cm³/mol. The first-order valence-corrected chi connectivity index (χ1v) is 10.1. The minimum Gasteiger partial charge on any atom is -0.399 e. The zero-order valence-corrected chi connectivity index (χ0v) is 17.6. The molecular formula is C20H27ClF3N5O. The van der Waals surface area contributed by atoms with Crippen LogP contribution in [-0.2, 0) is 11.3 Å². The third kappa shape index (κ3) is 6.63. The number of amides is 1. The van der Waals surface area contributed by atoms with Crippen molar-refractivity contribution in [3.63, 3.8) is 0 Å². The summed E-state index contributed by atoms with van der Waals surface area (Å²) in [4.78, 5) is 16.3. The first-order chi connectivity index (χ1) is 14.0. The molecule has 30 heavy (non-hydrogen) atoms. The maximum Gasteiger partial charge on any atom is 0.430 e. The quantitative estimate of drug-likeness (QED) is 0.441. The predicted octanol–water partition coefficient (Wildman–Crippen LogP) is 3.55. The van der Waals surface area contributed by atoms with Gasteiger partial charge in [0.05, 0.1) is 0 Å². The Morgan fingerprint density at radius 2 is 2.10 bits per heavy atom. The Bertz CT molecular complexity index is 812. The van der Waals surface area contributed by atoms with Gasteiger partial charge in [-0.05, 0) is 56.1 Å². The van der Waals surface area contributed by atoms with Crippen LogP contribution in [0.2, 0.25) is 5.02 Å². The van der Waals surface area contributed by atoms with Gasteiger partial charge in [0.1, 0.15) is 11.4 Å². The van der Waals surface area contributed by atoms with E-state index in [-0.39, 0.29) is 13.1 Å². The number of anilines is 1. The van der Waals surface area contributed by atoms with Crippen molar-refractivity contribution in [3.8, 4) is 0 Å². The molecule has 0 saturated carbocycles. The molecule has 0 aliphatic carbocycles. The van der Waals surface area contributed by atoms with Crippen molar-refractivity contribution in [2.24, 2.45) is 5.73 Å². The van der Waals surface area contributed by atoms with Crippen LogP contribution in [0.3, 0.4) is 0 Å². The molecule has 1 aromatic rings. The smallest absolute Gasteiger partial charge is 0.399 e. The second-order valence-electron chi connectivity index (χ2n) is 7.47. The fourth-order valence-corrected chi connectivity index (χ4v) is 3.56. The summed E-state index contributed by atoms with van der Waals surface area (Å²) in [5.41, 5.74) is 9.44. The molecule has 0 spiro atoms. The van der Waals surface area contributed by atoms with Gasteiger partial charge in [-0.15, -0.1) is 0 Å². The van der Waals surface area contributed by atoms with Crippen LogP contribution in [0.1, 0.15) is 31.7 Å². The number of halogens is 4. The van der Waals surface area contributed by atoms with E-state index < -0.39 is 23.5 Å². The van der Waals surface area contributed by atoms with Crippen molar-refractivity contribution in [2.75, 3.05) is 25.4 Å². The monoisotopic (exact) mass is 445 g/mol. The number of piperidine rings is 1. The zero-order valence-electron chi connectivity index (χ0n) is 16.8. The second kappa shape index (κ2) is 10.2. The van der Waals surface area contributed by atoms with Crippen LogP contribution in [0.25, 0.3) is 0 Å². The number of carbonyl (C=O) groups excluding carboxylic acids is 1. The van der Waals surface area contributed by atoms with Gasteiger partial charge in [-0.2, -0.15) is 13.2 Å². The number of allylic oxidation sites excluding steroid dienone is 1. The Morgan fingerprint density at radius 1 is 1.40 bits per heavy atom. The summed E-state index contributed by atoms with van der Waals surface area (Å²) in [5, 5.41) is 8.22. The van der Waals surface area contributed by atoms with Crippen LogP contribution in [0.5, 0.6) is 0 Å². The van der Waals surface area contributed by atoms with E-state index in [0.29, 0.717) is 34.9 Å². The van der Waals surface area contributed by atoms with E-state index in [1.165, 1.54) is 4.90 Å². The van der Waals surface area contributed by atoms with E-state index in [1.807, 2.05) is 0 Å². The largest absolute Gasteiger partial charge is 0.430 e. The van der Waals surface area contributed by atoms with Crippen molar-refractivity contribution in [1.82, 2.24) is 9.80 Å². The summed E-state index contributed by atoms with van der Waals surface area (Å²) >= 11 is 6.20. The number of benzene rings is 1. The van der Waals surface area contributed by atoms with Gasteiger partial charge >= 0.3 is 6.18 Å². The highest BCUT2D eigenvalue weighted by Crippen LogP contribution is 2.23. The fraction of sp³-hybridized carbons (Fsp3) is 0.500. The van der Waals surface area contributed by atoms with Gasteiger partial charge in [-0.1, -0.05) is 18.0 Å². The maximum absolute atomic E-state index is 12.8. The van der Waals surface area contributed by atoms with Gasteiger partial charge in [-0.3, -0.25) is 15.1 Å². The first kappa shape index (κ1) is 24.0. The van der Waals surface area contributed by atoms with Crippen molar-refractivity contribution >= 4 is 28.9 Å². The molecule has 6 nitrogen and oxygen atoms in total. The average molecular weight is 446 g/mol. The Hall–Kier alpha value is -2.26. The lowest BCUT2D eigenvalue weighted by Gasteiger charge is -2.35. The molecule has 1 aliphatic heterocycles. The Morgan fingerprint density at radius 3 is 2.73 bits per heavy atom. The van der Waals surface area contributed by atoms with Crippen molar-refractivity contribution in [1.29, 1.82) is 5.41 Å². The molecule has 1 saturated heterocycles. The van der Waals surface area contributed by atoms with Gasteiger partial charge in [0.2, 0.25) is 0 Å². The number of carbonyl (C=O) groups is 1. The molecule has 1 fully saturated rings. The Kier molecular flexibility index (Phi) is 8.14. The van der Waals surface area contributed by atoms with Crippen molar-refractivity contribution in [3.05, 3.63) is 40.6 Å². The SMILES string of the molecule is CC1CCCCN1CCN(Cc1cc(N)ccc1Cl)C(=O)C(=N)C=C(N)C(F)(F)F. The third-order valence-electron chi connectivity index (χ3n) is 5.17. The molecule has 0 radical (unpaired) electrons. The highest BCUT2D eigenvalue weighted by molar-refractivity contribution is 6.42. The number of rotatable bonds is 7. The van der Waals surface area contributed by atoms with E-state index in [9.17, 15) is 18.0 Å². The molecule has 1 aliphatic rings. The van der Waals surface area contributed by atoms with Gasteiger partial charge in [-0.25, -0.2) is 0 Å². The van der Waals surface area contributed by atoms with Crippen molar-refractivity contribution < 1.29 is 18.0 Å². The molecule has 1 aromatic carbocycles. The lowest BCUT2D eigenvalue weighted by Crippen LogP contribution is -2.45. The molecule has 1 amide bonds. The number of hydrogen-bond donors (Lipinski definition) is 3. The minimum atomic E-state index is -4.81. The van der Waals surface area contributed by atoms with Crippen LogP contribution in [0.15, 0.2) is 30.0 Å². The molecule has 0 aromatic heterocycles. The fourth-order valence-electron chi connectivity index (χ4n) is 3.38. The highest BCUT2D eigenvalue weighted by Gasteiger charge is 2.32. The van der Waals surface area contributed by atoms with E-state index in [0.717, 1.165) is 25.8 Å². The lowest BCUT2D eigenvalue weighted by atomic mass is 10.0. The van der Waals surface area contributed by atoms with E-state index in [1.54, 1.807) is 18.2 Å². The van der Waals surface area contributed by atoms with Gasteiger partial charge in [0.15, 0.2) is 0 Å². The number of alkyl halides is 3. The summed E-state index contributed by atoms with van der Waals surface area (Å²) in [6, 6.07) is 5.17. The van der Waals surface area contributed by atoms with E-state index in [2.05, 4.69) is 11.8 Å². The number of hydrogen-bond acceptors (Lipinski definition) is 5. The molecule has 10 heteroatoms. The van der Waals surface area contributed by atoms with E-state index in [4.69, 9.17) is 28.5 Å². The Labute approximate surface area is 179 Å². The molecular weight excluding hydrogens is 419 g/mol. The molecule has 1 heterocycles. The second-order valence-corrected chi connectivity index (χ2v) is 7.88. The topological polar surface area (TPSA) is 99.4 Å². The molecule has 1 atom stereocenters. The molecule has 0 bridgehead atoms. The minimum absolute atomic E-state index is 0.0209. The van der Waals surface area contributed by atoms with Gasteiger partial charge in [0.25, 0.3) is 5.91 Å². The molecule has 1 unspecified atom stereocenters. The first-order valence-electron chi connectivity index (χ1n) is 9.69. The Balaban J connectivity index is 2.21.